The van der Waals surface area contributed by atoms with E-state index in [4.69, 9.17) is 4.74 Å². The molecule has 32 heavy (non-hydrogen) atoms. The Kier molecular flexibility index (Phi) is 6.80. The van der Waals surface area contributed by atoms with Crippen LogP contribution in [0.25, 0.3) is 0 Å². The van der Waals surface area contributed by atoms with Crippen molar-refractivity contribution in [3.63, 3.8) is 0 Å². The van der Waals surface area contributed by atoms with E-state index in [1.165, 1.54) is 16.9 Å². The molecule has 0 spiro atoms. The van der Waals surface area contributed by atoms with Crippen molar-refractivity contribution in [2.75, 3.05) is 23.9 Å². The van der Waals surface area contributed by atoms with Crippen LogP contribution in [-0.4, -0.2) is 35.7 Å². The van der Waals surface area contributed by atoms with Crippen molar-refractivity contribution in [3.8, 4) is 5.75 Å². The fraction of sp³-hybridized carbons (Fsp3) is 0.333. The van der Waals surface area contributed by atoms with Crippen LogP contribution in [-0.2, 0) is 22.4 Å². The Morgan fingerprint density at radius 2 is 1.84 bits per heavy atom. The molecule has 0 aliphatic carbocycles. The summed E-state index contributed by atoms with van der Waals surface area (Å²) in [5, 5.41) is 12.4. The summed E-state index contributed by atoms with van der Waals surface area (Å²) in [4.78, 5) is 26.7. The molecule has 2 heterocycles. The van der Waals surface area contributed by atoms with Gasteiger partial charge in [-0.15, -0.1) is 10.2 Å². The Balaban J connectivity index is 1.31. The number of nitrogens with zero attached hydrogens (tertiary/aromatic N) is 3. The van der Waals surface area contributed by atoms with Crippen LogP contribution in [0.15, 0.2) is 48.5 Å². The van der Waals surface area contributed by atoms with Crippen LogP contribution < -0.4 is 15.0 Å². The van der Waals surface area contributed by atoms with E-state index in [1.807, 2.05) is 36.4 Å². The molecule has 0 radical (unpaired) electrons. The number of aryl methyl sites for hydroxylation is 2. The van der Waals surface area contributed by atoms with Gasteiger partial charge in [0.25, 0.3) is 0 Å². The highest BCUT2D eigenvalue weighted by atomic mass is 32.1. The molecule has 1 aliphatic rings. The van der Waals surface area contributed by atoms with Crippen LogP contribution in [0.4, 0.5) is 10.8 Å². The summed E-state index contributed by atoms with van der Waals surface area (Å²) >= 11 is 1.34. The molecule has 1 fully saturated rings. The van der Waals surface area contributed by atoms with E-state index in [0.29, 0.717) is 30.9 Å². The first-order valence-corrected chi connectivity index (χ1v) is 11.5. The first-order valence-electron chi connectivity index (χ1n) is 10.7. The Bertz CT molecular complexity index is 1080. The summed E-state index contributed by atoms with van der Waals surface area (Å²) in [5.41, 5.74) is 3.22. The molecule has 0 bridgehead atoms. The smallest absolute Gasteiger partial charge is 0.227 e. The average Bonchev–Trinajstić information content (AvgIpc) is 3.44. The monoisotopic (exact) mass is 450 g/mol. The summed E-state index contributed by atoms with van der Waals surface area (Å²) in [6.07, 6.45) is 2.35. The van der Waals surface area contributed by atoms with Crippen LogP contribution in [0.1, 0.15) is 41.8 Å². The minimum Gasteiger partial charge on any atom is -0.497 e. The van der Waals surface area contributed by atoms with E-state index in [0.717, 1.165) is 28.4 Å². The Hall–Kier alpha value is -3.26. The van der Waals surface area contributed by atoms with Crippen molar-refractivity contribution < 1.29 is 14.3 Å². The van der Waals surface area contributed by atoms with Gasteiger partial charge in [-0.05, 0) is 48.2 Å². The van der Waals surface area contributed by atoms with Gasteiger partial charge >= 0.3 is 0 Å². The number of carbonyl (C=O) groups is 2. The Labute approximate surface area is 191 Å². The lowest BCUT2D eigenvalue weighted by atomic mass is 10.1. The molecule has 4 rings (SSSR count). The highest BCUT2D eigenvalue weighted by Crippen LogP contribution is 2.34. The number of rotatable bonds is 8. The first kappa shape index (κ1) is 22.0. The average molecular weight is 451 g/mol. The Morgan fingerprint density at radius 3 is 2.53 bits per heavy atom. The molecule has 0 saturated carbocycles. The molecule has 3 aromatic rings. The van der Waals surface area contributed by atoms with Crippen molar-refractivity contribution in [2.45, 2.75) is 38.5 Å². The van der Waals surface area contributed by atoms with E-state index in [9.17, 15) is 9.59 Å². The van der Waals surface area contributed by atoms with Crippen LogP contribution in [0.5, 0.6) is 5.75 Å². The van der Waals surface area contributed by atoms with E-state index < -0.39 is 0 Å². The van der Waals surface area contributed by atoms with Gasteiger partial charge in [0.1, 0.15) is 10.8 Å². The Morgan fingerprint density at radius 1 is 1.12 bits per heavy atom. The van der Waals surface area contributed by atoms with Gasteiger partial charge in [0.2, 0.25) is 16.9 Å². The molecular formula is C24H26N4O3S. The van der Waals surface area contributed by atoms with Crippen molar-refractivity contribution in [3.05, 3.63) is 64.7 Å². The van der Waals surface area contributed by atoms with Crippen molar-refractivity contribution >= 4 is 34.0 Å². The molecule has 1 unspecified atom stereocenters. The molecule has 1 atom stereocenters. The lowest BCUT2D eigenvalue weighted by Gasteiger charge is -2.16. The minimum atomic E-state index is -0.108. The highest BCUT2D eigenvalue weighted by Gasteiger charge is 2.34. The number of aromatic nitrogens is 2. The number of ether oxygens (including phenoxy) is 1. The second kappa shape index (κ2) is 9.91. The molecule has 1 N–H and O–H groups in total. The number of nitrogens with one attached hydrogen (secondary N) is 1. The van der Waals surface area contributed by atoms with Crippen LogP contribution in [0, 0.1) is 0 Å². The lowest BCUT2D eigenvalue weighted by molar-refractivity contribution is -0.117. The molecule has 166 valence electrons. The van der Waals surface area contributed by atoms with Gasteiger partial charge in [0.15, 0.2) is 0 Å². The third-order valence-corrected chi connectivity index (χ3v) is 6.62. The van der Waals surface area contributed by atoms with Crippen molar-refractivity contribution in [2.24, 2.45) is 0 Å². The maximum absolute atomic E-state index is 12.6. The second-order valence-corrected chi connectivity index (χ2v) is 8.78. The molecular weight excluding hydrogens is 424 g/mol. The number of carbonyl (C=O) groups excluding carboxylic acids is 2. The summed E-state index contributed by atoms with van der Waals surface area (Å²) < 4.78 is 5.15. The molecule has 2 amide bonds. The maximum atomic E-state index is 12.6. The summed E-state index contributed by atoms with van der Waals surface area (Å²) in [5.74, 6) is 0.750. The van der Waals surface area contributed by atoms with E-state index in [2.05, 4.69) is 34.6 Å². The van der Waals surface area contributed by atoms with Crippen molar-refractivity contribution in [1.82, 2.24) is 10.2 Å². The molecule has 2 aromatic carbocycles. The van der Waals surface area contributed by atoms with E-state index in [1.54, 1.807) is 12.0 Å². The van der Waals surface area contributed by atoms with Gasteiger partial charge in [-0.3, -0.25) is 9.59 Å². The third kappa shape index (κ3) is 5.13. The number of anilines is 2. The predicted octanol–water partition coefficient (Wildman–Crippen LogP) is 4.20. The second-order valence-electron chi connectivity index (χ2n) is 7.77. The standard InChI is InChI=1S/C24H26N4O3S/c1-3-16-4-9-19(10-5-16)28-15-18(14-22(28)30)23-26-27-24(32-23)25-21(29)13-8-17-6-11-20(31-2)12-7-17/h4-7,9-12,18H,3,8,13-15H2,1-2H3,(H,25,27,29). The first-order chi connectivity index (χ1) is 15.6. The van der Waals surface area contributed by atoms with Gasteiger partial charge < -0.3 is 15.0 Å². The third-order valence-electron chi connectivity index (χ3n) is 5.62. The molecule has 7 nitrogen and oxygen atoms in total. The number of hydrogen-bond acceptors (Lipinski definition) is 6. The van der Waals surface area contributed by atoms with Crippen molar-refractivity contribution in [1.29, 1.82) is 0 Å². The number of hydrogen-bond donors (Lipinski definition) is 1. The van der Waals surface area contributed by atoms with Crippen LogP contribution in [0.3, 0.4) is 0 Å². The highest BCUT2D eigenvalue weighted by molar-refractivity contribution is 7.15. The zero-order valence-corrected chi connectivity index (χ0v) is 19.0. The van der Waals surface area contributed by atoms with Crippen LogP contribution >= 0.6 is 11.3 Å². The lowest BCUT2D eigenvalue weighted by Crippen LogP contribution is -2.24. The van der Waals surface area contributed by atoms with Gasteiger partial charge in [-0.2, -0.15) is 0 Å². The molecule has 1 aromatic heterocycles. The fourth-order valence-electron chi connectivity index (χ4n) is 3.72. The summed E-state index contributed by atoms with van der Waals surface area (Å²) in [6.45, 7) is 2.68. The van der Waals surface area contributed by atoms with Gasteiger partial charge in [-0.25, -0.2) is 0 Å². The summed E-state index contributed by atoms with van der Waals surface area (Å²) in [6, 6.07) is 15.8. The molecule has 1 saturated heterocycles. The molecule has 1 aliphatic heterocycles. The van der Waals surface area contributed by atoms with E-state index >= 15 is 0 Å². The predicted molar refractivity (Wildman–Crippen MR) is 125 cm³/mol. The topological polar surface area (TPSA) is 84.4 Å². The van der Waals surface area contributed by atoms with E-state index in [-0.39, 0.29) is 17.7 Å². The van der Waals surface area contributed by atoms with Gasteiger partial charge in [0, 0.05) is 31.0 Å². The normalized spacial score (nSPS) is 15.8. The van der Waals surface area contributed by atoms with Gasteiger partial charge in [-0.1, -0.05) is 42.5 Å². The van der Waals surface area contributed by atoms with Crippen LogP contribution in [0.2, 0.25) is 0 Å². The SMILES string of the molecule is CCc1ccc(N2CC(c3nnc(NC(=O)CCc4ccc(OC)cc4)s3)CC2=O)cc1. The van der Waals surface area contributed by atoms with Gasteiger partial charge in [0.05, 0.1) is 7.11 Å². The number of benzene rings is 2. The minimum absolute atomic E-state index is 0.0178. The quantitative estimate of drug-likeness (QED) is 0.556. The molecule has 8 heteroatoms. The largest absolute Gasteiger partial charge is 0.497 e. The fourth-order valence-corrected chi connectivity index (χ4v) is 4.57. The number of methoxy groups -OCH3 is 1. The maximum Gasteiger partial charge on any atom is 0.227 e. The zero-order chi connectivity index (χ0) is 22.5. The summed E-state index contributed by atoms with van der Waals surface area (Å²) in [7, 11) is 1.63. The number of amides is 2. The zero-order valence-electron chi connectivity index (χ0n) is 18.2.